The number of nitrogens with zero attached hydrogens (tertiary/aromatic N) is 4. The van der Waals surface area contributed by atoms with Crippen molar-refractivity contribution in [3.8, 4) is 5.75 Å². The van der Waals surface area contributed by atoms with Crippen molar-refractivity contribution in [2.45, 2.75) is 39.3 Å². The molecule has 2 heterocycles. The Kier molecular flexibility index (Phi) is 7.90. The van der Waals surface area contributed by atoms with Gasteiger partial charge in [0.25, 0.3) is 0 Å². The minimum atomic E-state index is -0.351. The van der Waals surface area contributed by atoms with E-state index in [0.717, 1.165) is 63.6 Å². The van der Waals surface area contributed by atoms with Crippen LogP contribution in [0.4, 0.5) is 4.39 Å². The number of hydrogen-bond donors (Lipinski definition) is 1. The Bertz CT molecular complexity index is 743. The summed E-state index contributed by atoms with van der Waals surface area (Å²) in [6.07, 6.45) is 2.24. The fourth-order valence-electron chi connectivity index (χ4n) is 4.12. The van der Waals surface area contributed by atoms with Crippen LogP contribution in [0.25, 0.3) is 0 Å². The van der Waals surface area contributed by atoms with E-state index in [1.165, 1.54) is 6.07 Å². The molecule has 8 heteroatoms. The SMILES string of the molecule is CCOc1ccc(CNC(=NC)N2CCN(C(C)C(=O)N3CCCC3)CC2)cc1F. The third-order valence-corrected chi connectivity index (χ3v) is 5.90. The number of amides is 1. The number of rotatable bonds is 6. The zero-order valence-electron chi connectivity index (χ0n) is 18.4. The highest BCUT2D eigenvalue weighted by Crippen LogP contribution is 2.18. The summed E-state index contributed by atoms with van der Waals surface area (Å²) in [5.41, 5.74) is 0.834. The van der Waals surface area contributed by atoms with Gasteiger partial charge < -0.3 is 19.9 Å². The van der Waals surface area contributed by atoms with E-state index in [1.54, 1.807) is 13.1 Å². The fraction of sp³-hybridized carbons (Fsp3) is 0.636. The van der Waals surface area contributed by atoms with Gasteiger partial charge in [0.15, 0.2) is 17.5 Å². The normalized spacial score (nSPS) is 19.1. The molecule has 0 bridgehead atoms. The zero-order chi connectivity index (χ0) is 21.5. The molecule has 1 N–H and O–H groups in total. The molecule has 0 saturated carbocycles. The molecule has 1 amide bonds. The van der Waals surface area contributed by atoms with E-state index in [2.05, 4.69) is 20.1 Å². The molecule has 1 aromatic carbocycles. The highest BCUT2D eigenvalue weighted by Gasteiger charge is 2.30. The second-order valence-electron chi connectivity index (χ2n) is 7.83. The minimum Gasteiger partial charge on any atom is -0.491 e. The minimum absolute atomic E-state index is 0.0768. The van der Waals surface area contributed by atoms with Gasteiger partial charge in [0.1, 0.15) is 0 Å². The molecule has 2 saturated heterocycles. The molecule has 0 radical (unpaired) electrons. The number of ether oxygens (including phenoxy) is 1. The van der Waals surface area contributed by atoms with Crippen LogP contribution in [0.5, 0.6) is 5.75 Å². The number of likely N-dealkylation sites (tertiary alicyclic amines) is 1. The van der Waals surface area contributed by atoms with Crippen LogP contribution >= 0.6 is 0 Å². The number of piperazine rings is 1. The van der Waals surface area contributed by atoms with Crippen LogP contribution in [0.2, 0.25) is 0 Å². The third kappa shape index (κ3) is 5.41. The Balaban J connectivity index is 1.49. The molecule has 3 rings (SSSR count). The second kappa shape index (κ2) is 10.6. The lowest BCUT2D eigenvalue weighted by molar-refractivity contribution is -0.135. The van der Waals surface area contributed by atoms with Crippen LogP contribution in [0, 0.1) is 5.82 Å². The molecule has 0 spiro atoms. The zero-order valence-corrected chi connectivity index (χ0v) is 18.4. The summed E-state index contributed by atoms with van der Waals surface area (Å²) >= 11 is 0. The Morgan fingerprint density at radius 3 is 2.47 bits per heavy atom. The van der Waals surface area contributed by atoms with Gasteiger partial charge in [0, 0.05) is 52.9 Å². The first-order valence-electron chi connectivity index (χ1n) is 10.9. The molecular weight excluding hydrogens is 385 g/mol. The Morgan fingerprint density at radius 1 is 1.17 bits per heavy atom. The summed E-state index contributed by atoms with van der Waals surface area (Å²) in [5.74, 6) is 0.971. The molecule has 1 atom stereocenters. The van der Waals surface area contributed by atoms with Crippen LogP contribution in [-0.2, 0) is 11.3 Å². The van der Waals surface area contributed by atoms with Crippen molar-refractivity contribution in [2.75, 3.05) is 52.9 Å². The summed E-state index contributed by atoms with van der Waals surface area (Å²) in [5, 5.41) is 3.32. The summed E-state index contributed by atoms with van der Waals surface area (Å²) in [6.45, 7) is 9.81. The first-order chi connectivity index (χ1) is 14.5. The number of hydrogen-bond acceptors (Lipinski definition) is 4. The largest absolute Gasteiger partial charge is 0.491 e. The molecule has 7 nitrogen and oxygen atoms in total. The Labute approximate surface area is 178 Å². The standard InChI is InChI=1S/C22H34FN5O2/c1-4-30-20-8-7-18(15-19(20)23)16-25-22(24-3)28-13-11-26(12-14-28)17(2)21(29)27-9-5-6-10-27/h7-8,15,17H,4-6,9-14,16H2,1-3H3,(H,24,25). The van der Waals surface area contributed by atoms with Gasteiger partial charge in [0.05, 0.1) is 12.6 Å². The maximum atomic E-state index is 14.1. The molecule has 0 aliphatic carbocycles. The number of aliphatic imine (C=N–C) groups is 1. The lowest BCUT2D eigenvalue weighted by Crippen LogP contribution is -2.57. The fourth-order valence-corrected chi connectivity index (χ4v) is 4.12. The van der Waals surface area contributed by atoms with Crippen molar-refractivity contribution >= 4 is 11.9 Å². The van der Waals surface area contributed by atoms with E-state index in [9.17, 15) is 9.18 Å². The van der Waals surface area contributed by atoms with Gasteiger partial charge in [-0.2, -0.15) is 0 Å². The van der Waals surface area contributed by atoms with Crippen LogP contribution < -0.4 is 10.1 Å². The van der Waals surface area contributed by atoms with Crippen LogP contribution in [0.15, 0.2) is 23.2 Å². The van der Waals surface area contributed by atoms with Gasteiger partial charge in [0.2, 0.25) is 5.91 Å². The number of nitrogens with one attached hydrogen (secondary N) is 1. The van der Waals surface area contributed by atoms with E-state index in [1.807, 2.05) is 24.8 Å². The molecule has 2 aliphatic heterocycles. The van der Waals surface area contributed by atoms with Gasteiger partial charge in [-0.1, -0.05) is 6.07 Å². The molecule has 1 unspecified atom stereocenters. The van der Waals surface area contributed by atoms with E-state index in [0.29, 0.717) is 13.2 Å². The molecule has 0 aromatic heterocycles. The predicted molar refractivity (Wildman–Crippen MR) is 116 cm³/mol. The van der Waals surface area contributed by atoms with Crippen molar-refractivity contribution in [2.24, 2.45) is 4.99 Å². The first-order valence-corrected chi connectivity index (χ1v) is 10.9. The maximum absolute atomic E-state index is 14.1. The summed E-state index contributed by atoms with van der Waals surface area (Å²) in [6, 6.07) is 4.94. The quantitative estimate of drug-likeness (QED) is 0.564. The van der Waals surface area contributed by atoms with E-state index in [-0.39, 0.29) is 23.5 Å². The molecule has 2 fully saturated rings. The first kappa shape index (κ1) is 22.3. The number of benzene rings is 1. The Hall–Kier alpha value is -2.35. The summed E-state index contributed by atoms with van der Waals surface area (Å²) in [4.78, 5) is 23.5. The van der Waals surface area contributed by atoms with Gasteiger partial charge in [-0.3, -0.25) is 14.7 Å². The third-order valence-electron chi connectivity index (χ3n) is 5.90. The number of guanidine groups is 1. The average Bonchev–Trinajstić information content (AvgIpc) is 3.30. The van der Waals surface area contributed by atoms with Crippen LogP contribution in [0.3, 0.4) is 0 Å². The molecule has 166 valence electrons. The van der Waals surface area contributed by atoms with Gasteiger partial charge in [-0.05, 0) is 44.4 Å². The highest BCUT2D eigenvalue weighted by molar-refractivity contribution is 5.82. The van der Waals surface area contributed by atoms with E-state index < -0.39 is 0 Å². The average molecular weight is 420 g/mol. The topological polar surface area (TPSA) is 60.4 Å². The summed E-state index contributed by atoms with van der Waals surface area (Å²) < 4.78 is 19.3. The van der Waals surface area contributed by atoms with Crippen molar-refractivity contribution in [3.05, 3.63) is 29.6 Å². The lowest BCUT2D eigenvalue weighted by Gasteiger charge is -2.39. The van der Waals surface area contributed by atoms with Crippen LogP contribution in [0.1, 0.15) is 32.3 Å². The summed E-state index contributed by atoms with van der Waals surface area (Å²) in [7, 11) is 1.76. The molecule has 30 heavy (non-hydrogen) atoms. The number of carbonyl (C=O) groups excluding carboxylic acids is 1. The smallest absolute Gasteiger partial charge is 0.239 e. The monoisotopic (exact) mass is 419 g/mol. The second-order valence-corrected chi connectivity index (χ2v) is 7.83. The van der Waals surface area contributed by atoms with Gasteiger partial charge >= 0.3 is 0 Å². The van der Waals surface area contributed by atoms with Gasteiger partial charge in [-0.25, -0.2) is 4.39 Å². The Morgan fingerprint density at radius 2 is 1.87 bits per heavy atom. The predicted octanol–water partition coefficient (Wildman–Crippen LogP) is 1.93. The molecule has 1 aromatic rings. The van der Waals surface area contributed by atoms with Crippen molar-refractivity contribution < 1.29 is 13.9 Å². The van der Waals surface area contributed by atoms with Crippen molar-refractivity contribution in [1.82, 2.24) is 20.0 Å². The number of halogens is 1. The van der Waals surface area contributed by atoms with Gasteiger partial charge in [-0.15, -0.1) is 0 Å². The number of carbonyl (C=O) groups is 1. The maximum Gasteiger partial charge on any atom is 0.239 e. The van der Waals surface area contributed by atoms with Crippen molar-refractivity contribution in [3.63, 3.8) is 0 Å². The van der Waals surface area contributed by atoms with E-state index >= 15 is 0 Å². The van der Waals surface area contributed by atoms with Crippen molar-refractivity contribution in [1.29, 1.82) is 0 Å². The van der Waals surface area contributed by atoms with E-state index in [4.69, 9.17) is 4.74 Å². The highest BCUT2D eigenvalue weighted by atomic mass is 19.1. The lowest BCUT2D eigenvalue weighted by atomic mass is 10.2. The van der Waals surface area contributed by atoms with Crippen LogP contribution in [-0.4, -0.2) is 85.5 Å². The molecular formula is C22H34FN5O2. The molecule has 2 aliphatic rings.